The molecule has 0 radical (unpaired) electrons. The minimum atomic E-state index is -2.53. The smallest absolute Gasteiger partial charge is 0.252 e. The molecule has 8 nitrogen and oxygen atoms in total. The molecule has 0 aromatic heterocycles. The number of halogens is 1. The Kier molecular flexibility index (Phi) is 8.71. The first kappa shape index (κ1) is 23.0. The monoisotopic (exact) mass is 441 g/mol. The third kappa shape index (κ3) is 6.60. The second-order valence-electron chi connectivity index (χ2n) is 6.00. The van der Waals surface area contributed by atoms with Gasteiger partial charge in [-0.05, 0) is 41.8 Å². The van der Waals surface area contributed by atoms with Crippen molar-refractivity contribution in [2.75, 3.05) is 32.2 Å². The zero-order valence-electron chi connectivity index (χ0n) is 16.0. The van der Waals surface area contributed by atoms with E-state index in [9.17, 15) is 13.6 Å². The van der Waals surface area contributed by atoms with Crippen LogP contribution in [-0.2, 0) is 22.4 Å². The molecule has 0 aliphatic rings. The quantitative estimate of drug-likeness (QED) is 0.314. The number of primary amides is 1. The van der Waals surface area contributed by atoms with Crippen LogP contribution in [0.15, 0.2) is 36.4 Å². The minimum absolute atomic E-state index is 0.264. The third-order valence-electron chi connectivity index (χ3n) is 4.05. The van der Waals surface area contributed by atoms with Gasteiger partial charge in [-0.15, -0.1) is 11.6 Å². The van der Waals surface area contributed by atoms with E-state index in [1.54, 1.807) is 43.5 Å². The topological polar surface area (TPSA) is 123 Å². The van der Waals surface area contributed by atoms with Crippen LogP contribution in [0.4, 0.5) is 5.69 Å². The standard InChI is InChI=1S/C19H23ClN2O6S/c1-26-7-8-28-18-6-4-13(11-16(18)22-29(24)25)15(20)10-12-3-5-17(27-2)14(9-12)19(21)23/h3-6,9,11,15,22H,7-8,10H2,1-2H3,(H2,21,23)(H,24,25)/p-1. The van der Waals surface area contributed by atoms with Crippen molar-refractivity contribution < 1.29 is 27.8 Å². The van der Waals surface area contributed by atoms with E-state index in [1.807, 2.05) is 0 Å². The van der Waals surface area contributed by atoms with Gasteiger partial charge in [0.15, 0.2) is 0 Å². The molecule has 0 aliphatic heterocycles. The van der Waals surface area contributed by atoms with Gasteiger partial charge in [0.1, 0.15) is 18.1 Å². The van der Waals surface area contributed by atoms with Crippen molar-refractivity contribution in [3.05, 3.63) is 53.1 Å². The van der Waals surface area contributed by atoms with Gasteiger partial charge >= 0.3 is 0 Å². The number of rotatable bonds is 11. The van der Waals surface area contributed by atoms with Gasteiger partial charge in [0, 0.05) is 18.4 Å². The van der Waals surface area contributed by atoms with Crippen LogP contribution in [0.25, 0.3) is 0 Å². The maximum absolute atomic E-state index is 11.6. The second-order valence-corrected chi connectivity index (χ2v) is 7.20. The lowest BCUT2D eigenvalue weighted by Crippen LogP contribution is -2.13. The van der Waals surface area contributed by atoms with Crippen LogP contribution in [0.2, 0.25) is 0 Å². The van der Waals surface area contributed by atoms with Gasteiger partial charge in [-0.25, -0.2) is 0 Å². The highest BCUT2D eigenvalue weighted by Gasteiger charge is 2.16. The molecule has 0 spiro atoms. The minimum Gasteiger partial charge on any atom is -0.755 e. The Hall–Kier alpha value is -2.33. The molecule has 2 aromatic rings. The molecule has 0 saturated carbocycles. The second kappa shape index (κ2) is 11.0. The lowest BCUT2D eigenvalue weighted by atomic mass is 10.0. The Balaban J connectivity index is 2.23. The van der Waals surface area contributed by atoms with Crippen LogP contribution in [0.3, 0.4) is 0 Å². The molecular weight excluding hydrogens is 420 g/mol. The number of nitrogens with one attached hydrogen (secondary N) is 1. The molecule has 1 amide bonds. The number of ether oxygens (including phenoxy) is 3. The highest BCUT2D eigenvalue weighted by molar-refractivity contribution is 7.80. The third-order valence-corrected chi connectivity index (χ3v) is 4.84. The van der Waals surface area contributed by atoms with E-state index < -0.39 is 22.6 Å². The Labute approximate surface area is 176 Å². The normalized spacial score (nSPS) is 12.8. The summed E-state index contributed by atoms with van der Waals surface area (Å²) >= 11 is 4.02. The van der Waals surface area contributed by atoms with Crippen molar-refractivity contribution in [3.8, 4) is 11.5 Å². The predicted octanol–water partition coefficient (Wildman–Crippen LogP) is 2.55. The van der Waals surface area contributed by atoms with E-state index in [1.165, 1.54) is 7.11 Å². The number of methoxy groups -OCH3 is 2. The molecule has 0 bridgehead atoms. The average Bonchev–Trinajstić information content (AvgIpc) is 2.68. The molecule has 2 aromatic carbocycles. The molecule has 2 unspecified atom stereocenters. The predicted molar refractivity (Wildman–Crippen MR) is 110 cm³/mol. The average molecular weight is 442 g/mol. The molecular formula is C19H22ClN2O6S-. The Morgan fingerprint density at radius 2 is 1.93 bits per heavy atom. The number of hydrogen-bond acceptors (Lipinski definition) is 6. The maximum Gasteiger partial charge on any atom is 0.252 e. The number of amides is 1. The molecule has 0 aliphatic carbocycles. The van der Waals surface area contributed by atoms with Crippen LogP contribution in [0, 0.1) is 0 Å². The van der Waals surface area contributed by atoms with E-state index in [0.717, 1.165) is 5.56 Å². The molecule has 2 atom stereocenters. The Bertz CT molecular complexity index is 880. The number of carbonyl (C=O) groups is 1. The number of carbonyl (C=O) groups excluding carboxylic acids is 1. The van der Waals surface area contributed by atoms with E-state index in [2.05, 4.69) is 4.72 Å². The summed E-state index contributed by atoms with van der Waals surface area (Å²) in [6.45, 7) is 0.627. The van der Waals surface area contributed by atoms with Crippen LogP contribution < -0.4 is 19.9 Å². The van der Waals surface area contributed by atoms with Crippen LogP contribution in [0.1, 0.15) is 26.9 Å². The van der Waals surface area contributed by atoms with Gasteiger partial charge in [0.05, 0.1) is 30.3 Å². The summed E-state index contributed by atoms with van der Waals surface area (Å²) in [5, 5.41) is -0.488. The zero-order valence-corrected chi connectivity index (χ0v) is 17.5. The summed E-state index contributed by atoms with van der Waals surface area (Å²) < 4.78 is 40.1. The summed E-state index contributed by atoms with van der Waals surface area (Å²) in [5.74, 6) is 0.144. The van der Waals surface area contributed by atoms with Gasteiger partial charge in [-0.3, -0.25) is 9.00 Å². The van der Waals surface area contributed by atoms with Crippen molar-refractivity contribution >= 4 is 34.5 Å². The molecule has 2 rings (SSSR count). The Morgan fingerprint density at radius 3 is 2.55 bits per heavy atom. The van der Waals surface area contributed by atoms with Gasteiger partial charge in [-0.1, -0.05) is 12.1 Å². The first-order chi connectivity index (χ1) is 13.8. The molecule has 10 heteroatoms. The SMILES string of the molecule is COCCOc1ccc(C(Cl)Cc2ccc(OC)c(C(N)=O)c2)cc1NS(=O)[O-]. The van der Waals surface area contributed by atoms with Gasteiger partial charge in [0.25, 0.3) is 5.91 Å². The number of nitrogens with two attached hydrogens (primary N) is 1. The molecule has 0 fully saturated rings. The van der Waals surface area contributed by atoms with Crippen LogP contribution in [0.5, 0.6) is 11.5 Å². The molecule has 3 N–H and O–H groups in total. The van der Waals surface area contributed by atoms with E-state index in [-0.39, 0.29) is 17.9 Å². The number of hydrogen-bond donors (Lipinski definition) is 2. The van der Waals surface area contributed by atoms with E-state index >= 15 is 0 Å². The first-order valence-corrected chi connectivity index (χ1v) is 10.1. The van der Waals surface area contributed by atoms with Crippen molar-refractivity contribution in [1.82, 2.24) is 0 Å². The largest absolute Gasteiger partial charge is 0.755 e. The van der Waals surface area contributed by atoms with Gasteiger partial charge < -0.3 is 29.2 Å². The van der Waals surface area contributed by atoms with Crippen molar-refractivity contribution in [2.45, 2.75) is 11.8 Å². The molecule has 0 saturated heterocycles. The zero-order chi connectivity index (χ0) is 21.4. The van der Waals surface area contributed by atoms with Crippen molar-refractivity contribution in [3.63, 3.8) is 0 Å². The van der Waals surface area contributed by atoms with Gasteiger partial charge in [-0.2, -0.15) is 0 Å². The van der Waals surface area contributed by atoms with Crippen molar-refractivity contribution in [2.24, 2.45) is 5.73 Å². The first-order valence-electron chi connectivity index (χ1n) is 8.58. The van der Waals surface area contributed by atoms with Gasteiger partial charge in [0.2, 0.25) is 0 Å². The summed E-state index contributed by atoms with van der Waals surface area (Å²) in [6.07, 6.45) is 0.385. The number of alkyl halides is 1. The van der Waals surface area contributed by atoms with Crippen LogP contribution in [-0.4, -0.2) is 42.1 Å². The maximum atomic E-state index is 11.6. The number of benzene rings is 2. The van der Waals surface area contributed by atoms with E-state index in [0.29, 0.717) is 30.1 Å². The fourth-order valence-electron chi connectivity index (χ4n) is 2.67. The summed E-state index contributed by atoms with van der Waals surface area (Å²) in [4.78, 5) is 11.6. The highest BCUT2D eigenvalue weighted by Crippen LogP contribution is 2.33. The fourth-order valence-corrected chi connectivity index (χ4v) is 3.33. The lowest BCUT2D eigenvalue weighted by Gasteiger charge is -2.18. The van der Waals surface area contributed by atoms with E-state index in [4.69, 9.17) is 31.5 Å². The molecule has 29 heavy (non-hydrogen) atoms. The fraction of sp³-hybridized carbons (Fsp3) is 0.316. The molecule has 158 valence electrons. The number of anilines is 1. The summed E-state index contributed by atoms with van der Waals surface area (Å²) in [7, 11) is 3.00. The highest BCUT2D eigenvalue weighted by atomic mass is 35.5. The summed E-state index contributed by atoms with van der Waals surface area (Å²) in [5.41, 5.74) is 7.38. The van der Waals surface area contributed by atoms with Crippen molar-refractivity contribution in [1.29, 1.82) is 0 Å². The van der Waals surface area contributed by atoms with Crippen LogP contribution >= 0.6 is 11.6 Å². The lowest BCUT2D eigenvalue weighted by molar-refractivity contribution is 0.0997. The Morgan fingerprint density at radius 1 is 1.21 bits per heavy atom. The summed E-state index contributed by atoms with van der Waals surface area (Å²) in [6, 6.07) is 10.1. The molecule has 0 heterocycles.